The van der Waals surface area contributed by atoms with Crippen LogP contribution in [0.3, 0.4) is 0 Å². The average molecular weight is 593 g/mol. The molecule has 0 aliphatic carbocycles. The first-order valence-electron chi connectivity index (χ1n) is 14.8. The van der Waals surface area contributed by atoms with Crippen LogP contribution in [0, 0.1) is 5.41 Å². The number of hydrogen-bond acceptors (Lipinski definition) is 8. The molecule has 0 unspecified atom stereocenters. The van der Waals surface area contributed by atoms with Crippen molar-refractivity contribution >= 4 is 17.2 Å². The van der Waals surface area contributed by atoms with Crippen molar-refractivity contribution in [2.45, 2.75) is 122 Å². The fraction of sp³-hybridized carbons (Fsp3) is 0.793. The maximum atomic E-state index is 10.9. The molecule has 0 aromatic heterocycles. The van der Waals surface area contributed by atoms with E-state index >= 15 is 0 Å². The lowest BCUT2D eigenvalue weighted by atomic mass is 9.67. The van der Waals surface area contributed by atoms with Gasteiger partial charge < -0.3 is 38.5 Å². The van der Waals surface area contributed by atoms with E-state index in [4.69, 9.17) is 13.8 Å². The van der Waals surface area contributed by atoms with Crippen molar-refractivity contribution in [3.63, 3.8) is 0 Å². The van der Waals surface area contributed by atoms with Gasteiger partial charge in [0.05, 0.1) is 25.2 Å². The molecule has 10 heteroatoms. The molecule has 0 amide bonds. The Kier molecular flexibility index (Phi) is 20.9. The molecule has 0 atom stereocenters. The van der Waals surface area contributed by atoms with Gasteiger partial charge in [0.15, 0.2) is 0 Å². The first kappa shape index (κ1) is 36.6. The number of hydrogen-bond donors (Lipinski definition) is 5. The number of unbranched alkanes of at least 4 members (excludes halogenated alkanes) is 12. The van der Waals surface area contributed by atoms with E-state index in [1.54, 1.807) is 0 Å². The molecule has 0 saturated carbocycles. The Labute approximate surface area is 239 Å². The van der Waals surface area contributed by atoms with Crippen LogP contribution in [0.2, 0.25) is 0 Å². The summed E-state index contributed by atoms with van der Waals surface area (Å²) in [5.41, 5.74) is -2.25. The number of rotatable bonds is 26. The number of benzene rings is 1. The van der Waals surface area contributed by atoms with Crippen molar-refractivity contribution < 1.29 is 38.5 Å². The fourth-order valence-corrected chi connectivity index (χ4v) is 5.94. The lowest BCUT2D eigenvalue weighted by Crippen LogP contribution is -2.59. The summed E-state index contributed by atoms with van der Waals surface area (Å²) in [6.07, 6.45) is 16.7. The Balaban J connectivity index is 3.29. The van der Waals surface area contributed by atoms with Crippen molar-refractivity contribution in [2.75, 3.05) is 19.8 Å². The topological polar surface area (TPSA) is 129 Å². The SMILES string of the molecule is CCCCCCCCCC(CCCCCCCCC)(Oc1ccccc1)C(CO)(COP(O)O)COP(O)O. The summed E-state index contributed by atoms with van der Waals surface area (Å²) in [4.78, 5) is 38.5. The average Bonchev–Trinajstić information content (AvgIpc) is 2.92. The molecule has 0 spiro atoms. The Morgan fingerprint density at radius 2 is 1.03 bits per heavy atom. The number of ether oxygens (including phenoxy) is 1. The molecule has 0 fully saturated rings. The second-order valence-corrected chi connectivity index (χ2v) is 12.2. The third kappa shape index (κ3) is 14.9. The minimum atomic E-state index is -2.69. The molecule has 1 aromatic rings. The van der Waals surface area contributed by atoms with Crippen LogP contribution in [0.15, 0.2) is 30.3 Å². The predicted molar refractivity (Wildman–Crippen MR) is 159 cm³/mol. The van der Waals surface area contributed by atoms with E-state index < -0.39 is 34.8 Å². The highest BCUT2D eigenvalue weighted by Crippen LogP contribution is 2.47. The highest BCUT2D eigenvalue weighted by molar-refractivity contribution is 7.39. The summed E-state index contributed by atoms with van der Waals surface area (Å²) in [5, 5.41) is 10.9. The Morgan fingerprint density at radius 1 is 0.615 bits per heavy atom. The van der Waals surface area contributed by atoms with E-state index in [0.717, 1.165) is 38.5 Å². The van der Waals surface area contributed by atoms with Gasteiger partial charge in [0.2, 0.25) is 0 Å². The van der Waals surface area contributed by atoms with Gasteiger partial charge in [-0.1, -0.05) is 109 Å². The molecule has 8 nitrogen and oxygen atoms in total. The van der Waals surface area contributed by atoms with E-state index in [2.05, 4.69) is 13.8 Å². The summed E-state index contributed by atoms with van der Waals surface area (Å²) in [6.45, 7) is 3.44. The minimum absolute atomic E-state index is 0.259. The molecule has 0 saturated heterocycles. The number of para-hydroxylation sites is 1. The normalized spacial score (nSPS) is 12.5. The predicted octanol–water partition coefficient (Wildman–Crippen LogP) is 7.52. The van der Waals surface area contributed by atoms with Crippen LogP contribution >= 0.6 is 17.2 Å². The third-order valence-electron chi connectivity index (χ3n) is 7.61. The Hall–Kier alpha value is -0.400. The van der Waals surface area contributed by atoms with Crippen LogP contribution in [0.25, 0.3) is 0 Å². The Bertz CT molecular complexity index is 663. The molecule has 0 aliphatic rings. The number of aliphatic hydroxyl groups is 1. The van der Waals surface area contributed by atoms with Gasteiger partial charge >= 0.3 is 17.2 Å². The Morgan fingerprint density at radius 3 is 1.41 bits per heavy atom. The first-order valence-corrected chi connectivity index (χ1v) is 17.1. The summed E-state index contributed by atoms with van der Waals surface area (Å²) >= 11 is 0. The molecule has 228 valence electrons. The van der Waals surface area contributed by atoms with Crippen molar-refractivity contribution in [3.05, 3.63) is 30.3 Å². The highest BCUT2D eigenvalue weighted by Gasteiger charge is 2.54. The second-order valence-electron chi connectivity index (χ2n) is 10.6. The summed E-state index contributed by atoms with van der Waals surface area (Å²) in [6, 6.07) is 9.41. The summed E-state index contributed by atoms with van der Waals surface area (Å²) in [5.74, 6) is 0.631. The molecule has 0 radical (unpaired) electrons. The molecular formula is C29H54O8P2. The van der Waals surface area contributed by atoms with Crippen molar-refractivity contribution in [3.8, 4) is 5.75 Å². The van der Waals surface area contributed by atoms with Gasteiger partial charge in [-0.3, -0.25) is 0 Å². The molecular weight excluding hydrogens is 538 g/mol. The lowest BCUT2D eigenvalue weighted by Gasteiger charge is -2.49. The maximum Gasteiger partial charge on any atom is 0.327 e. The standard InChI is InChI=1S/C29H54O8P2/c1-3-5-7-9-11-13-18-22-29(37-27-20-16-15-17-21-27,23-19-14-12-10-8-6-4-2)28(24-30,25-35-38(31)32)26-36-39(33)34/h15-17,20-21,30-34H,3-14,18-19,22-26H2,1-2H3. The van der Waals surface area contributed by atoms with Crippen molar-refractivity contribution in [1.29, 1.82) is 0 Å². The molecule has 0 heterocycles. The van der Waals surface area contributed by atoms with Crippen molar-refractivity contribution in [2.24, 2.45) is 5.41 Å². The van der Waals surface area contributed by atoms with Gasteiger partial charge in [-0.2, -0.15) is 0 Å². The van der Waals surface area contributed by atoms with E-state index in [-0.39, 0.29) is 13.2 Å². The van der Waals surface area contributed by atoms with Gasteiger partial charge in [-0.25, -0.2) is 0 Å². The van der Waals surface area contributed by atoms with Gasteiger partial charge in [0.25, 0.3) is 0 Å². The molecule has 5 N–H and O–H groups in total. The van der Waals surface area contributed by atoms with Gasteiger partial charge in [-0.15, -0.1) is 0 Å². The van der Waals surface area contributed by atoms with Crippen molar-refractivity contribution in [1.82, 2.24) is 0 Å². The van der Waals surface area contributed by atoms with Crippen LogP contribution in [-0.2, 0) is 9.05 Å². The van der Waals surface area contributed by atoms with E-state index in [9.17, 15) is 24.7 Å². The molecule has 1 aromatic carbocycles. The maximum absolute atomic E-state index is 10.9. The van der Waals surface area contributed by atoms with E-state index in [1.807, 2.05) is 30.3 Å². The third-order valence-corrected chi connectivity index (χ3v) is 8.33. The summed E-state index contributed by atoms with van der Waals surface area (Å²) in [7, 11) is -5.39. The molecule has 0 aliphatic heterocycles. The van der Waals surface area contributed by atoms with E-state index in [0.29, 0.717) is 18.6 Å². The second kappa shape index (κ2) is 22.2. The van der Waals surface area contributed by atoms with Crippen LogP contribution in [0.1, 0.15) is 117 Å². The molecule has 0 bridgehead atoms. The van der Waals surface area contributed by atoms with E-state index in [1.165, 1.54) is 51.4 Å². The highest BCUT2D eigenvalue weighted by atomic mass is 31.2. The zero-order chi connectivity index (χ0) is 28.8. The first-order chi connectivity index (χ1) is 18.8. The van der Waals surface area contributed by atoms with Crippen LogP contribution in [0.4, 0.5) is 0 Å². The van der Waals surface area contributed by atoms with Gasteiger partial charge in [0.1, 0.15) is 11.4 Å². The minimum Gasteiger partial charge on any atom is -0.486 e. The van der Waals surface area contributed by atoms with Gasteiger partial charge in [-0.05, 0) is 37.8 Å². The molecule has 1 rings (SSSR count). The smallest absolute Gasteiger partial charge is 0.327 e. The number of aliphatic hydroxyl groups excluding tert-OH is 1. The zero-order valence-corrected chi connectivity index (χ0v) is 26.0. The quantitative estimate of drug-likeness (QED) is 0.0552. The van der Waals surface area contributed by atoms with Crippen LogP contribution in [0.5, 0.6) is 5.75 Å². The van der Waals surface area contributed by atoms with Crippen LogP contribution < -0.4 is 4.74 Å². The van der Waals surface area contributed by atoms with Crippen LogP contribution in [-0.4, -0.2) is 50.1 Å². The fourth-order valence-electron chi connectivity index (χ4n) is 5.22. The summed E-state index contributed by atoms with van der Waals surface area (Å²) < 4.78 is 17.4. The largest absolute Gasteiger partial charge is 0.486 e. The zero-order valence-electron chi connectivity index (χ0n) is 24.2. The lowest BCUT2D eigenvalue weighted by molar-refractivity contribution is -0.141. The molecule has 39 heavy (non-hydrogen) atoms. The van der Waals surface area contributed by atoms with Gasteiger partial charge in [0, 0.05) is 0 Å². The monoisotopic (exact) mass is 592 g/mol.